The van der Waals surface area contributed by atoms with Crippen molar-refractivity contribution in [1.82, 2.24) is 0 Å². The zero-order valence-electron chi connectivity index (χ0n) is 11.4. The summed E-state index contributed by atoms with van der Waals surface area (Å²) >= 11 is 2.12. The Morgan fingerprint density at radius 3 is 2.65 bits per heavy atom. The Balaban J connectivity index is 2.48. The fourth-order valence-corrected chi connectivity index (χ4v) is 3.33. The van der Waals surface area contributed by atoms with Crippen molar-refractivity contribution in [3.05, 3.63) is 45.6 Å². The molecular formula is C16H17IO3. The fourth-order valence-electron chi connectivity index (χ4n) is 2.70. The normalized spacial score (nSPS) is 21.8. The third-order valence-electron chi connectivity index (χ3n) is 3.76. The predicted molar refractivity (Wildman–Crippen MR) is 85.5 cm³/mol. The molecule has 1 unspecified atom stereocenters. The van der Waals surface area contributed by atoms with Gasteiger partial charge in [0.1, 0.15) is 0 Å². The van der Waals surface area contributed by atoms with E-state index in [1.165, 1.54) is 0 Å². The van der Waals surface area contributed by atoms with Gasteiger partial charge >= 0.3 is 5.97 Å². The summed E-state index contributed by atoms with van der Waals surface area (Å²) in [5.74, 6) is -0.629. The first-order chi connectivity index (χ1) is 9.54. The summed E-state index contributed by atoms with van der Waals surface area (Å²) in [5.41, 5.74) is 0.0712. The molecule has 1 aromatic carbocycles. The summed E-state index contributed by atoms with van der Waals surface area (Å²) in [4.78, 5) is 25.3. The molecule has 0 heterocycles. The first-order valence-corrected chi connectivity index (χ1v) is 7.76. The van der Waals surface area contributed by atoms with E-state index in [9.17, 15) is 9.59 Å². The van der Waals surface area contributed by atoms with Gasteiger partial charge in [0.2, 0.25) is 0 Å². The number of rotatable bonds is 4. The first kappa shape index (κ1) is 15.2. The molecule has 0 N–H and O–H groups in total. The Kier molecular flexibility index (Phi) is 4.62. The van der Waals surface area contributed by atoms with E-state index in [0.29, 0.717) is 24.0 Å². The molecule has 1 aliphatic carbocycles. The first-order valence-electron chi connectivity index (χ1n) is 6.69. The Morgan fingerprint density at radius 2 is 2.10 bits per heavy atom. The molecule has 1 saturated carbocycles. The molecule has 3 nitrogen and oxygen atoms in total. The number of hydrogen-bond donors (Lipinski definition) is 0. The quantitative estimate of drug-likeness (QED) is 0.261. The van der Waals surface area contributed by atoms with E-state index >= 15 is 0 Å². The van der Waals surface area contributed by atoms with Crippen LogP contribution in [-0.2, 0) is 9.53 Å². The second kappa shape index (κ2) is 6.08. The van der Waals surface area contributed by atoms with Crippen molar-refractivity contribution < 1.29 is 14.3 Å². The van der Waals surface area contributed by atoms with Crippen LogP contribution in [0.15, 0.2) is 36.4 Å². The lowest BCUT2D eigenvalue weighted by Gasteiger charge is -2.27. The lowest BCUT2D eigenvalue weighted by molar-refractivity contribution is -0.150. The minimum atomic E-state index is -1.18. The van der Waals surface area contributed by atoms with E-state index in [0.717, 1.165) is 9.99 Å². The van der Waals surface area contributed by atoms with E-state index in [2.05, 4.69) is 29.2 Å². The minimum absolute atomic E-state index is 0.177. The molecule has 0 amide bonds. The monoisotopic (exact) mass is 384 g/mol. The number of halogens is 1. The lowest BCUT2D eigenvalue weighted by Crippen LogP contribution is -2.40. The van der Waals surface area contributed by atoms with Gasteiger partial charge in [-0.3, -0.25) is 9.59 Å². The second-order valence-electron chi connectivity index (χ2n) is 4.89. The predicted octanol–water partition coefficient (Wildman–Crippen LogP) is 3.76. The molecule has 4 heteroatoms. The van der Waals surface area contributed by atoms with Crippen LogP contribution in [0, 0.1) is 8.99 Å². The SMILES string of the molecule is C=C1CCCC1(C(=O)OCC)C(=O)c1ccccc1I. The van der Waals surface area contributed by atoms with Crippen LogP contribution >= 0.6 is 22.6 Å². The number of carbonyl (C=O) groups is 2. The molecule has 1 aliphatic rings. The third kappa shape index (κ3) is 2.41. The number of ether oxygens (including phenoxy) is 1. The summed E-state index contributed by atoms with van der Waals surface area (Å²) in [6.45, 7) is 5.98. The van der Waals surface area contributed by atoms with Crippen LogP contribution < -0.4 is 0 Å². The molecule has 1 aromatic rings. The van der Waals surface area contributed by atoms with E-state index in [4.69, 9.17) is 4.74 Å². The molecule has 1 fully saturated rings. The maximum atomic E-state index is 12.9. The maximum Gasteiger partial charge on any atom is 0.324 e. The Labute approximate surface area is 132 Å². The molecule has 1 atom stereocenters. The van der Waals surface area contributed by atoms with Gasteiger partial charge in [-0.25, -0.2) is 0 Å². The lowest BCUT2D eigenvalue weighted by atomic mass is 9.76. The number of ketones is 1. The Hall–Kier alpha value is -1.17. The molecule has 0 spiro atoms. The summed E-state index contributed by atoms with van der Waals surface area (Å²) in [6, 6.07) is 7.31. The number of hydrogen-bond acceptors (Lipinski definition) is 3. The second-order valence-corrected chi connectivity index (χ2v) is 6.05. The van der Waals surface area contributed by atoms with Crippen LogP contribution in [0.2, 0.25) is 0 Å². The van der Waals surface area contributed by atoms with Gasteiger partial charge < -0.3 is 4.74 Å². The molecule has 2 rings (SSSR count). The number of benzene rings is 1. The average molecular weight is 384 g/mol. The van der Waals surface area contributed by atoms with Gasteiger partial charge in [-0.15, -0.1) is 0 Å². The molecule has 106 valence electrons. The summed E-state index contributed by atoms with van der Waals surface area (Å²) in [7, 11) is 0. The summed E-state index contributed by atoms with van der Waals surface area (Å²) in [6.07, 6.45) is 2.00. The molecule has 0 aromatic heterocycles. The van der Waals surface area contributed by atoms with Crippen molar-refractivity contribution in [2.45, 2.75) is 26.2 Å². The van der Waals surface area contributed by atoms with Crippen LogP contribution in [0.5, 0.6) is 0 Å². The van der Waals surface area contributed by atoms with Crippen molar-refractivity contribution >= 4 is 34.3 Å². The third-order valence-corrected chi connectivity index (χ3v) is 4.70. The zero-order chi connectivity index (χ0) is 14.8. The van der Waals surface area contributed by atoms with Gasteiger partial charge in [0.05, 0.1) is 6.61 Å². The number of Topliss-reactive ketones (excluding diaryl/α,β-unsaturated/α-hetero) is 1. The number of carbonyl (C=O) groups excluding carboxylic acids is 2. The van der Waals surface area contributed by atoms with Crippen molar-refractivity contribution in [3.8, 4) is 0 Å². The van der Waals surface area contributed by atoms with E-state index < -0.39 is 11.4 Å². The highest BCUT2D eigenvalue weighted by atomic mass is 127. The standard InChI is InChI=1S/C16H17IO3/c1-3-20-15(19)16(10-6-7-11(16)2)14(18)12-8-4-5-9-13(12)17/h4-5,8-9H,2-3,6-7,10H2,1H3. The van der Waals surface area contributed by atoms with Gasteiger partial charge in [0, 0.05) is 9.13 Å². The van der Waals surface area contributed by atoms with Gasteiger partial charge in [-0.1, -0.05) is 30.4 Å². The van der Waals surface area contributed by atoms with Crippen molar-refractivity contribution in [3.63, 3.8) is 0 Å². The van der Waals surface area contributed by atoms with Gasteiger partial charge in [-0.05, 0) is 54.8 Å². The van der Waals surface area contributed by atoms with Gasteiger partial charge in [-0.2, -0.15) is 0 Å². The largest absolute Gasteiger partial charge is 0.465 e. The molecule has 20 heavy (non-hydrogen) atoms. The topological polar surface area (TPSA) is 43.4 Å². The highest BCUT2D eigenvalue weighted by Gasteiger charge is 2.52. The summed E-state index contributed by atoms with van der Waals surface area (Å²) < 4.78 is 6.00. The van der Waals surface area contributed by atoms with Gasteiger partial charge in [0.15, 0.2) is 11.2 Å². The van der Waals surface area contributed by atoms with E-state index in [1.807, 2.05) is 18.2 Å². The Morgan fingerprint density at radius 1 is 1.40 bits per heavy atom. The highest BCUT2D eigenvalue weighted by Crippen LogP contribution is 2.46. The molecular weight excluding hydrogens is 367 g/mol. The molecule has 0 saturated heterocycles. The van der Waals surface area contributed by atoms with Crippen LogP contribution in [0.4, 0.5) is 0 Å². The highest BCUT2D eigenvalue weighted by molar-refractivity contribution is 14.1. The number of esters is 1. The van der Waals surface area contributed by atoms with Crippen molar-refractivity contribution in [2.75, 3.05) is 6.61 Å². The van der Waals surface area contributed by atoms with E-state index in [-0.39, 0.29) is 12.4 Å². The molecule has 0 aliphatic heterocycles. The summed E-state index contributed by atoms with van der Waals surface area (Å²) in [5, 5.41) is 0. The molecule has 0 radical (unpaired) electrons. The average Bonchev–Trinajstić information content (AvgIpc) is 2.81. The van der Waals surface area contributed by atoms with Crippen LogP contribution in [0.1, 0.15) is 36.5 Å². The van der Waals surface area contributed by atoms with Crippen molar-refractivity contribution in [2.24, 2.45) is 5.41 Å². The fraction of sp³-hybridized carbons (Fsp3) is 0.375. The van der Waals surface area contributed by atoms with Crippen LogP contribution in [0.3, 0.4) is 0 Å². The van der Waals surface area contributed by atoms with Gasteiger partial charge in [0.25, 0.3) is 0 Å². The minimum Gasteiger partial charge on any atom is -0.465 e. The van der Waals surface area contributed by atoms with Crippen molar-refractivity contribution in [1.29, 1.82) is 0 Å². The van der Waals surface area contributed by atoms with E-state index in [1.54, 1.807) is 13.0 Å². The zero-order valence-corrected chi connectivity index (χ0v) is 13.6. The molecule has 0 bridgehead atoms. The maximum absolute atomic E-state index is 12.9. The Bertz CT molecular complexity index is 565. The van der Waals surface area contributed by atoms with Crippen LogP contribution in [0.25, 0.3) is 0 Å². The van der Waals surface area contributed by atoms with Crippen LogP contribution in [-0.4, -0.2) is 18.4 Å². The smallest absolute Gasteiger partial charge is 0.324 e.